The van der Waals surface area contributed by atoms with Crippen molar-refractivity contribution in [2.24, 2.45) is 5.92 Å². The molecule has 0 N–H and O–H groups in total. The molecule has 0 spiro atoms. The second kappa shape index (κ2) is 9.91. The molecule has 0 unspecified atom stereocenters. The van der Waals surface area contributed by atoms with E-state index >= 15 is 0 Å². The van der Waals surface area contributed by atoms with Gasteiger partial charge in [0.2, 0.25) is 11.8 Å². The first-order valence-electron chi connectivity index (χ1n) is 10.4. The van der Waals surface area contributed by atoms with Gasteiger partial charge in [0.15, 0.2) is 0 Å². The fraction of sp³-hybridized carbons (Fsp3) is 0.667. The van der Waals surface area contributed by atoms with E-state index in [-0.39, 0.29) is 30.3 Å². The lowest BCUT2D eigenvalue weighted by Crippen LogP contribution is -2.44. The number of piperidine rings is 1. The van der Waals surface area contributed by atoms with Crippen LogP contribution in [0.3, 0.4) is 0 Å². The zero-order valence-corrected chi connectivity index (χ0v) is 17.4. The zero-order chi connectivity index (χ0) is 20.8. The molecular weight excluding hydrogens is 374 g/mol. The summed E-state index contributed by atoms with van der Waals surface area (Å²) in [5.41, 5.74) is 0. The maximum absolute atomic E-state index is 12.9. The van der Waals surface area contributed by atoms with E-state index < -0.39 is 0 Å². The molecule has 2 amide bonds. The molecule has 1 aromatic heterocycles. The third-order valence-corrected chi connectivity index (χ3v) is 5.70. The Kier molecular flexibility index (Phi) is 7.30. The minimum absolute atomic E-state index is 0.0334. The van der Waals surface area contributed by atoms with Crippen molar-refractivity contribution in [2.75, 3.05) is 39.3 Å². The van der Waals surface area contributed by atoms with Crippen molar-refractivity contribution in [3.63, 3.8) is 0 Å². The lowest BCUT2D eigenvalue weighted by molar-refractivity contribution is -0.142. The highest BCUT2D eigenvalue weighted by atomic mass is 16.5. The molecule has 1 aromatic rings. The van der Waals surface area contributed by atoms with Crippen LogP contribution in [-0.4, -0.2) is 71.8 Å². The predicted molar refractivity (Wildman–Crippen MR) is 106 cm³/mol. The molecule has 3 rings (SSSR count). The first-order chi connectivity index (χ1) is 13.9. The number of nitrogens with zero attached hydrogens (tertiary/aromatic N) is 3. The summed E-state index contributed by atoms with van der Waals surface area (Å²) in [5.74, 6) is 1.51. The van der Waals surface area contributed by atoms with Crippen molar-refractivity contribution in [2.45, 2.75) is 46.3 Å². The van der Waals surface area contributed by atoms with Crippen LogP contribution in [0.1, 0.15) is 44.6 Å². The minimum atomic E-state index is -0.327. The van der Waals surface area contributed by atoms with Crippen LogP contribution >= 0.6 is 0 Å². The molecule has 2 saturated heterocycles. The highest BCUT2D eigenvalue weighted by Crippen LogP contribution is 2.21. The van der Waals surface area contributed by atoms with E-state index in [1.165, 1.54) is 6.92 Å². The van der Waals surface area contributed by atoms with Crippen molar-refractivity contribution >= 4 is 17.8 Å². The maximum atomic E-state index is 12.9. The molecule has 0 radical (unpaired) electrons. The van der Waals surface area contributed by atoms with Crippen molar-refractivity contribution in [3.05, 3.63) is 23.7 Å². The molecule has 8 nitrogen and oxygen atoms in total. The first-order valence-corrected chi connectivity index (χ1v) is 10.4. The highest BCUT2D eigenvalue weighted by molar-refractivity contribution is 5.79. The number of rotatable bonds is 5. The standard InChI is InChI=1S/C21H31N3O5/c1-16(25)23-10-6-18(7-11-23)21(27)24-9-3-8-22(12-13-24)14-19-4-5-20(29-19)15-28-17(2)26/h4-5,18H,3,6-15H2,1-2H3. The lowest BCUT2D eigenvalue weighted by Gasteiger charge is -2.33. The molecule has 0 aliphatic carbocycles. The van der Waals surface area contributed by atoms with E-state index in [9.17, 15) is 14.4 Å². The molecule has 2 fully saturated rings. The quantitative estimate of drug-likeness (QED) is 0.693. The van der Waals surface area contributed by atoms with E-state index in [1.807, 2.05) is 21.9 Å². The maximum Gasteiger partial charge on any atom is 0.303 e. The van der Waals surface area contributed by atoms with Gasteiger partial charge in [-0.3, -0.25) is 19.3 Å². The molecule has 29 heavy (non-hydrogen) atoms. The largest absolute Gasteiger partial charge is 0.461 e. The van der Waals surface area contributed by atoms with Gasteiger partial charge in [-0.1, -0.05) is 0 Å². The van der Waals surface area contributed by atoms with Crippen LogP contribution in [0.25, 0.3) is 0 Å². The van der Waals surface area contributed by atoms with Gasteiger partial charge >= 0.3 is 5.97 Å². The summed E-state index contributed by atoms with van der Waals surface area (Å²) >= 11 is 0. The van der Waals surface area contributed by atoms with Gasteiger partial charge < -0.3 is 19.0 Å². The summed E-state index contributed by atoms with van der Waals surface area (Å²) in [5, 5.41) is 0. The van der Waals surface area contributed by atoms with E-state index in [1.54, 1.807) is 6.92 Å². The third-order valence-electron chi connectivity index (χ3n) is 5.70. The summed E-state index contributed by atoms with van der Waals surface area (Å²) in [6, 6.07) is 3.74. The van der Waals surface area contributed by atoms with Gasteiger partial charge in [0.1, 0.15) is 18.1 Å². The van der Waals surface area contributed by atoms with Gasteiger partial charge in [-0.05, 0) is 31.4 Å². The first kappa shape index (κ1) is 21.4. The number of carbonyl (C=O) groups is 3. The summed E-state index contributed by atoms with van der Waals surface area (Å²) < 4.78 is 10.7. The SMILES string of the molecule is CC(=O)OCc1ccc(CN2CCCN(C(=O)C3CCN(C(C)=O)CC3)CC2)o1. The molecule has 2 aliphatic heterocycles. The zero-order valence-electron chi connectivity index (χ0n) is 17.4. The van der Waals surface area contributed by atoms with E-state index in [2.05, 4.69) is 4.90 Å². The van der Waals surface area contributed by atoms with Gasteiger partial charge in [0.25, 0.3) is 0 Å². The predicted octanol–water partition coefficient (Wildman–Crippen LogP) is 1.64. The second-order valence-corrected chi connectivity index (χ2v) is 7.88. The molecule has 8 heteroatoms. The molecule has 0 aromatic carbocycles. The number of likely N-dealkylation sites (tertiary alicyclic amines) is 1. The molecule has 0 bridgehead atoms. The third kappa shape index (κ3) is 6.06. The van der Waals surface area contributed by atoms with Crippen LogP contribution in [0, 0.1) is 5.92 Å². The Balaban J connectivity index is 1.46. The van der Waals surface area contributed by atoms with E-state index in [4.69, 9.17) is 9.15 Å². The van der Waals surface area contributed by atoms with Gasteiger partial charge in [-0.2, -0.15) is 0 Å². The van der Waals surface area contributed by atoms with Crippen LogP contribution in [0.4, 0.5) is 0 Å². The lowest BCUT2D eigenvalue weighted by atomic mass is 9.95. The van der Waals surface area contributed by atoms with Crippen LogP contribution in [0.15, 0.2) is 16.5 Å². The molecule has 3 heterocycles. The smallest absolute Gasteiger partial charge is 0.303 e. The minimum Gasteiger partial charge on any atom is -0.461 e. The Morgan fingerprint density at radius 2 is 1.69 bits per heavy atom. The monoisotopic (exact) mass is 405 g/mol. The number of amides is 2. The van der Waals surface area contributed by atoms with E-state index in [0.717, 1.165) is 44.7 Å². The van der Waals surface area contributed by atoms with Crippen molar-refractivity contribution in [1.29, 1.82) is 0 Å². The Morgan fingerprint density at radius 1 is 0.966 bits per heavy atom. The number of furan rings is 1. The molecular formula is C21H31N3O5. The Labute approximate surface area is 171 Å². The second-order valence-electron chi connectivity index (χ2n) is 7.88. The molecule has 2 aliphatic rings. The summed E-state index contributed by atoms with van der Waals surface area (Å²) in [7, 11) is 0. The Bertz CT molecular complexity index is 724. The van der Waals surface area contributed by atoms with Crippen LogP contribution < -0.4 is 0 Å². The fourth-order valence-electron chi connectivity index (χ4n) is 4.03. The number of hydrogen-bond acceptors (Lipinski definition) is 6. The van der Waals surface area contributed by atoms with Crippen LogP contribution in [0.2, 0.25) is 0 Å². The average molecular weight is 405 g/mol. The Hall–Kier alpha value is -2.35. The van der Waals surface area contributed by atoms with E-state index in [0.29, 0.717) is 31.9 Å². The van der Waals surface area contributed by atoms with Gasteiger partial charge in [0.05, 0.1) is 6.54 Å². The fourth-order valence-corrected chi connectivity index (χ4v) is 4.03. The van der Waals surface area contributed by atoms with Gasteiger partial charge in [-0.25, -0.2) is 0 Å². The van der Waals surface area contributed by atoms with Crippen LogP contribution in [0.5, 0.6) is 0 Å². The number of esters is 1. The summed E-state index contributed by atoms with van der Waals surface area (Å²) in [6.07, 6.45) is 2.45. The number of ether oxygens (including phenoxy) is 1. The van der Waals surface area contributed by atoms with Crippen molar-refractivity contribution < 1.29 is 23.5 Å². The number of carbonyl (C=O) groups excluding carboxylic acids is 3. The molecule has 0 atom stereocenters. The molecule has 0 saturated carbocycles. The van der Waals surface area contributed by atoms with Crippen molar-refractivity contribution in [1.82, 2.24) is 14.7 Å². The highest BCUT2D eigenvalue weighted by Gasteiger charge is 2.30. The van der Waals surface area contributed by atoms with Gasteiger partial charge in [-0.15, -0.1) is 0 Å². The topological polar surface area (TPSA) is 83.3 Å². The van der Waals surface area contributed by atoms with Crippen LogP contribution in [-0.2, 0) is 32.3 Å². The normalized spacial score (nSPS) is 19.1. The van der Waals surface area contributed by atoms with Gasteiger partial charge in [0, 0.05) is 59.0 Å². The number of hydrogen-bond donors (Lipinski definition) is 0. The average Bonchev–Trinajstić information content (AvgIpc) is 3.02. The Morgan fingerprint density at radius 3 is 2.38 bits per heavy atom. The van der Waals surface area contributed by atoms with Crippen molar-refractivity contribution in [3.8, 4) is 0 Å². The summed E-state index contributed by atoms with van der Waals surface area (Å²) in [6.45, 7) is 8.36. The molecule has 160 valence electrons. The summed E-state index contributed by atoms with van der Waals surface area (Å²) in [4.78, 5) is 41.4.